The molecule has 1 aliphatic heterocycles. The van der Waals surface area contributed by atoms with E-state index in [-0.39, 0.29) is 5.78 Å². The number of ether oxygens (including phenoxy) is 2. The molecule has 0 saturated carbocycles. The van der Waals surface area contributed by atoms with E-state index in [1.54, 1.807) is 6.92 Å². The van der Waals surface area contributed by atoms with E-state index in [4.69, 9.17) is 19.7 Å². The van der Waals surface area contributed by atoms with Crippen LogP contribution in [-0.2, 0) is 15.3 Å². The molecule has 0 aromatic heterocycles. The van der Waals surface area contributed by atoms with Crippen LogP contribution in [0.3, 0.4) is 0 Å². The molecule has 5 nitrogen and oxygen atoms in total. The Morgan fingerprint density at radius 3 is 1.50 bits per heavy atom. The van der Waals surface area contributed by atoms with Gasteiger partial charge in [-0.05, 0) is 6.92 Å². The number of carbonyl (C=O) groups is 1. The molecule has 0 aliphatic carbocycles. The molecule has 1 fully saturated rings. The van der Waals surface area contributed by atoms with Crippen molar-refractivity contribution in [3.8, 4) is 0 Å². The lowest BCUT2D eigenvalue weighted by atomic mass is 10.1. The van der Waals surface area contributed by atoms with Gasteiger partial charge in [0.2, 0.25) is 5.79 Å². The minimum atomic E-state index is -0.750. The van der Waals surface area contributed by atoms with Gasteiger partial charge in [-0.15, -0.1) is 0 Å². The Morgan fingerprint density at radius 2 is 1.27 bits per heavy atom. The highest BCUT2D eigenvalue weighted by Gasteiger charge is 2.40. The summed E-state index contributed by atoms with van der Waals surface area (Å²) in [6, 6.07) is 19.2. The maximum absolute atomic E-state index is 10.6. The Balaban J connectivity index is -0.000000360. The molecule has 3 rings (SSSR count). The lowest BCUT2D eigenvalue weighted by molar-refractivity contribution is -0.396. The highest BCUT2D eigenvalue weighted by Crippen LogP contribution is 2.35. The summed E-state index contributed by atoms with van der Waals surface area (Å²) in [5, 5.41) is 14.9. The van der Waals surface area contributed by atoms with Crippen LogP contribution in [0.1, 0.15) is 50.5 Å². The van der Waals surface area contributed by atoms with Gasteiger partial charge in [-0.3, -0.25) is 4.79 Å². The zero-order valence-corrected chi connectivity index (χ0v) is 22.9. The van der Waals surface area contributed by atoms with Crippen molar-refractivity contribution in [1.29, 1.82) is 0 Å². The molecule has 2 aromatic rings. The van der Waals surface area contributed by atoms with E-state index < -0.39 is 12.6 Å². The van der Waals surface area contributed by atoms with Crippen LogP contribution in [0, 0.1) is 0 Å². The highest BCUT2D eigenvalue weighted by atomic mass is 80.9. The fraction of sp³-hybridized carbons (Fsp3) is 0.409. The van der Waals surface area contributed by atoms with Crippen molar-refractivity contribution in [3.63, 3.8) is 0 Å². The molecule has 0 bridgehead atoms. The number of Topliss-reactive ketones (excluding diaryl/α,β-unsaturated/α-hetero) is 1. The topological polar surface area (TPSA) is 76.0 Å². The largest absolute Gasteiger partial charge is 0.371 e. The quantitative estimate of drug-likeness (QED) is 0.225. The number of hydrogen-bond donors (Lipinski definition) is 2. The lowest BCUT2D eigenvalue weighted by Gasteiger charge is -2.40. The van der Waals surface area contributed by atoms with E-state index in [1.165, 1.54) is 0 Å². The van der Waals surface area contributed by atoms with Crippen molar-refractivity contribution in [2.24, 2.45) is 0 Å². The standard InChI is InChI=1S/C9H9BrO2.C8H8O.2C2H6.CH4O2.Br2/c10-6-9(11-7-12-9)8-4-2-1-3-5-8;1-7(9)8-5-3-2-4-6-8;2*1-2;2-1-3;1-2/h1-5H,6-7H2;2-6H,1H3;2*1-2H3;2-3H,1H2;. The van der Waals surface area contributed by atoms with Crippen LogP contribution in [0.25, 0.3) is 0 Å². The molecule has 2 N–H and O–H groups in total. The van der Waals surface area contributed by atoms with E-state index in [2.05, 4.69) is 44.2 Å². The number of rotatable bonds is 3. The van der Waals surface area contributed by atoms with Gasteiger partial charge in [0.1, 0.15) is 6.79 Å². The molecule has 0 amide bonds. The maximum Gasteiger partial charge on any atom is 0.209 e. The number of hydrogen-bond acceptors (Lipinski definition) is 5. The summed E-state index contributed by atoms with van der Waals surface area (Å²) < 4.78 is 10.8. The number of halogens is 3. The van der Waals surface area contributed by atoms with Crippen LogP contribution in [0.15, 0.2) is 60.7 Å². The zero-order valence-electron chi connectivity index (χ0n) is 18.1. The molecule has 30 heavy (non-hydrogen) atoms. The van der Waals surface area contributed by atoms with Crippen molar-refractivity contribution >= 4 is 50.0 Å². The SMILES string of the molecule is BrBr.BrCC1(c2ccccc2)OCO1.CC.CC.CC(=O)c1ccccc1.OCO. The Kier molecular flexibility index (Phi) is 28.0. The summed E-state index contributed by atoms with van der Waals surface area (Å²) in [5.74, 6) is -0.406. The molecule has 8 heteroatoms. The average molecular weight is 617 g/mol. The fourth-order valence-electron chi connectivity index (χ4n) is 1.89. The first kappa shape index (κ1) is 34.0. The van der Waals surface area contributed by atoms with Gasteiger partial charge >= 0.3 is 0 Å². The number of ketones is 1. The van der Waals surface area contributed by atoms with Crippen molar-refractivity contribution in [3.05, 3.63) is 71.8 Å². The van der Waals surface area contributed by atoms with Gasteiger partial charge in [0.05, 0.1) is 5.33 Å². The summed E-state index contributed by atoms with van der Waals surface area (Å²) in [6.07, 6.45) is 0. The average Bonchev–Trinajstić information content (AvgIpc) is 2.80. The molecule has 0 radical (unpaired) electrons. The molecule has 1 saturated heterocycles. The molecule has 0 spiro atoms. The van der Waals surface area contributed by atoms with Gasteiger partial charge < -0.3 is 19.7 Å². The van der Waals surface area contributed by atoms with Gasteiger partial charge in [-0.25, -0.2) is 0 Å². The van der Waals surface area contributed by atoms with E-state index in [0.717, 1.165) is 11.1 Å². The fourth-order valence-corrected chi connectivity index (χ4v) is 2.53. The molecule has 2 aromatic carbocycles. The third kappa shape index (κ3) is 14.4. The minimum absolute atomic E-state index is 0.121. The van der Waals surface area contributed by atoms with Crippen LogP contribution >= 0.6 is 44.2 Å². The Morgan fingerprint density at radius 1 is 0.900 bits per heavy atom. The monoisotopic (exact) mass is 614 g/mol. The number of aliphatic hydroxyl groups is 2. The first-order chi connectivity index (χ1) is 14.6. The smallest absolute Gasteiger partial charge is 0.209 e. The highest BCUT2D eigenvalue weighted by molar-refractivity contribution is 9.93. The third-order valence-electron chi connectivity index (χ3n) is 3.15. The second-order valence-electron chi connectivity index (χ2n) is 4.72. The van der Waals surface area contributed by atoms with E-state index in [1.807, 2.05) is 88.4 Å². The lowest BCUT2D eigenvalue weighted by Crippen LogP contribution is -2.45. The van der Waals surface area contributed by atoms with Crippen LogP contribution in [0.4, 0.5) is 0 Å². The second-order valence-corrected chi connectivity index (χ2v) is 5.28. The molecule has 1 aliphatic rings. The van der Waals surface area contributed by atoms with Crippen LogP contribution < -0.4 is 0 Å². The van der Waals surface area contributed by atoms with Crippen molar-refractivity contribution in [2.75, 3.05) is 18.9 Å². The number of aliphatic hydroxyl groups excluding tert-OH is 1. The van der Waals surface area contributed by atoms with Crippen LogP contribution in [0.5, 0.6) is 0 Å². The van der Waals surface area contributed by atoms with E-state index in [9.17, 15) is 4.79 Å². The first-order valence-electron chi connectivity index (χ1n) is 9.41. The maximum atomic E-state index is 10.6. The van der Waals surface area contributed by atoms with Gasteiger partial charge in [-0.2, -0.15) is 0 Å². The summed E-state index contributed by atoms with van der Waals surface area (Å²) in [4.78, 5) is 10.6. The molecule has 172 valence electrons. The van der Waals surface area contributed by atoms with Crippen LogP contribution in [-0.4, -0.2) is 34.9 Å². The Labute approximate surface area is 204 Å². The Hall–Kier alpha value is -0.610. The summed E-state index contributed by atoms with van der Waals surface area (Å²) in [7, 11) is 0. The molecular weight excluding hydrogens is 584 g/mol. The van der Waals surface area contributed by atoms with Crippen LogP contribution in [0.2, 0.25) is 0 Å². The van der Waals surface area contributed by atoms with Gasteiger partial charge in [0, 0.05) is 39.4 Å². The van der Waals surface area contributed by atoms with E-state index in [0.29, 0.717) is 12.1 Å². The van der Waals surface area contributed by atoms with Crippen molar-refractivity contribution in [2.45, 2.75) is 40.4 Å². The predicted molar refractivity (Wildman–Crippen MR) is 135 cm³/mol. The first-order valence-corrected chi connectivity index (χ1v) is 14.2. The van der Waals surface area contributed by atoms with Gasteiger partial charge in [0.15, 0.2) is 12.6 Å². The number of benzene rings is 2. The summed E-state index contributed by atoms with van der Waals surface area (Å²) in [6.45, 7) is 9.20. The predicted octanol–water partition coefficient (Wildman–Crippen LogP) is 6.80. The number of carbonyl (C=O) groups excluding carboxylic acids is 1. The molecule has 0 unspecified atom stereocenters. The second kappa shape index (κ2) is 24.7. The van der Waals surface area contributed by atoms with Crippen molar-refractivity contribution < 1.29 is 24.5 Å². The summed E-state index contributed by atoms with van der Waals surface area (Å²) in [5.41, 5.74) is 1.84. The Bertz CT molecular complexity index is 589. The molecule has 1 heterocycles. The number of alkyl halides is 1. The van der Waals surface area contributed by atoms with Gasteiger partial charge in [-0.1, -0.05) is 104 Å². The third-order valence-corrected chi connectivity index (χ3v) is 3.89. The molecule has 0 atom stereocenters. The van der Waals surface area contributed by atoms with Crippen molar-refractivity contribution in [1.82, 2.24) is 0 Å². The zero-order chi connectivity index (χ0) is 23.8. The van der Waals surface area contributed by atoms with E-state index >= 15 is 0 Å². The van der Waals surface area contributed by atoms with Gasteiger partial charge in [0.25, 0.3) is 0 Å². The molecular formula is C22H33Br3O5. The minimum Gasteiger partial charge on any atom is -0.371 e. The summed E-state index contributed by atoms with van der Waals surface area (Å²) >= 11 is 8.87. The normalized spacial score (nSPS) is 11.9.